The number of nitrogens with zero attached hydrogens (tertiary/aromatic N) is 5. The average Bonchev–Trinajstić information content (AvgIpc) is 3.29. The molecule has 2 amide bonds. The van der Waals surface area contributed by atoms with Crippen LogP contribution in [0.25, 0.3) is 11.3 Å². The third-order valence-electron chi connectivity index (χ3n) is 7.64. The van der Waals surface area contributed by atoms with Crippen LogP contribution in [0.1, 0.15) is 28.8 Å². The molecule has 0 atom stereocenters. The Morgan fingerprint density at radius 2 is 1.82 bits per heavy atom. The third-order valence-corrected chi connectivity index (χ3v) is 7.92. The summed E-state index contributed by atoms with van der Waals surface area (Å²) in [6.45, 7) is 4.76. The third kappa shape index (κ3) is 5.55. The van der Waals surface area contributed by atoms with E-state index in [-0.39, 0.29) is 24.4 Å². The van der Waals surface area contributed by atoms with Crippen molar-refractivity contribution in [2.75, 3.05) is 56.2 Å². The van der Waals surface area contributed by atoms with Crippen molar-refractivity contribution in [2.45, 2.75) is 25.4 Å². The molecule has 39 heavy (non-hydrogen) atoms. The van der Waals surface area contributed by atoms with E-state index < -0.39 is 0 Å². The van der Waals surface area contributed by atoms with Crippen molar-refractivity contribution in [3.63, 3.8) is 0 Å². The van der Waals surface area contributed by atoms with Crippen LogP contribution in [0.15, 0.2) is 54.7 Å². The first-order chi connectivity index (χ1) is 19.0. The number of para-hydroxylation sites is 1. The van der Waals surface area contributed by atoms with E-state index in [1.165, 1.54) is 5.69 Å². The second-order valence-corrected chi connectivity index (χ2v) is 10.6. The minimum absolute atomic E-state index is 0.0215. The number of fused-ring (bicyclic) bond motifs is 1. The van der Waals surface area contributed by atoms with Crippen molar-refractivity contribution in [3.8, 4) is 11.3 Å². The largest absolute Gasteiger partial charge is 0.381 e. The number of ether oxygens (including phenoxy) is 1. The number of halogens is 1. The zero-order chi connectivity index (χ0) is 26.8. The number of anilines is 2. The number of aromatic nitrogens is 2. The molecule has 1 aromatic heterocycles. The van der Waals surface area contributed by atoms with Crippen molar-refractivity contribution in [2.24, 2.45) is 0 Å². The minimum atomic E-state index is -0.145. The lowest BCUT2D eigenvalue weighted by Gasteiger charge is -2.36. The zero-order valence-electron chi connectivity index (χ0n) is 21.7. The SMILES string of the molecule is O=C(CN1Cc2ccc(-c3nc(NC4CCOCC4)ncc3Cl)cc2C1=O)N1CCN(c2ccccc2)CC1. The normalized spacial score (nSPS) is 17.9. The first-order valence-corrected chi connectivity index (χ1v) is 13.8. The summed E-state index contributed by atoms with van der Waals surface area (Å²) in [6.07, 6.45) is 3.38. The number of hydrogen-bond acceptors (Lipinski definition) is 7. The molecule has 0 spiro atoms. The molecule has 2 fully saturated rings. The van der Waals surface area contributed by atoms with Gasteiger partial charge in [0.15, 0.2) is 0 Å². The Balaban J connectivity index is 1.10. The molecule has 3 aromatic rings. The first-order valence-electron chi connectivity index (χ1n) is 13.4. The van der Waals surface area contributed by atoms with Gasteiger partial charge in [-0.2, -0.15) is 0 Å². The number of hydrogen-bond donors (Lipinski definition) is 1. The highest BCUT2D eigenvalue weighted by Gasteiger charge is 2.31. The Labute approximate surface area is 232 Å². The van der Waals surface area contributed by atoms with Crippen molar-refractivity contribution in [3.05, 3.63) is 70.9 Å². The van der Waals surface area contributed by atoms with Crippen LogP contribution in [0.5, 0.6) is 0 Å². The lowest BCUT2D eigenvalue weighted by atomic mass is 10.0. The minimum Gasteiger partial charge on any atom is -0.381 e. The number of benzene rings is 2. The monoisotopic (exact) mass is 546 g/mol. The van der Waals surface area contributed by atoms with Gasteiger partial charge >= 0.3 is 0 Å². The molecular formula is C29H31ClN6O3. The molecule has 0 bridgehead atoms. The molecule has 3 aliphatic rings. The van der Waals surface area contributed by atoms with Crippen LogP contribution in [0.4, 0.5) is 11.6 Å². The van der Waals surface area contributed by atoms with E-state index in [2.05, 4.69) is 32.3 Å². The Bertz CT molecular complexity index is 1360. The average molecular weight is 547 g/mol. The van der Waals surface area contributed by atoms with Gasteiger partial charge in [0.05, 0.1) is 16.9 Å². The maximum absolute atomic E-state index is 13.3. The van der Waals surface area contributed by atoms with Gasteiger partial charge in [0.1, 0.15) is 6.54 Å². The quantitative estimate of drug-likeness (QED) is 0.504. The van der Waals surface area contributed by atoms with Crippen molar-refractivity contribution in [1.29, 1.82) is 0 Å². The van der Waals surface area contributed by atoms with Crippen molar-refractivity contribution in [1.82, 2.24) is 19.8 Å². The Morgan fingerprint density at radius 3 is 2.59 bits per heavy atom. The van der Waals surface area contributed by atoms with Crippen LogP contribution in [0, 0.1) is 0 Å². The standard InChI is InChI=1S/C29H31ClN6O3/c30-25-17-31-29(32-22-8-14-39-15-9-22)33-27(25)20-6-7-21-18-36(28(38)24(21)16-20)19-26(37)35-12-10-34(11-13-35)23-4-2-1-3-5-23/h1-7,16-17,22H,8-15,18-19H2,(H,31,32,33). The molecule has 10 heteroatoms. The van der Waals surface area contributed by atoms with Gasteiger partial charge in [0.2, 0.25) is 11.9 Å². The number of nitrogens with one attached hydrogen (secondary N) is 1. The summed E-state index contributed by atoms with van der Waals surface area (Å²) in [6, 6.07) is 16.2. The number of rotatable bonds is 6. The molecule has 2 aromatic carbocycles. The molecule has 0 aliphatic carbocycles. The second kappa shape index (κ2) is 11.2. The summed E-state index contributed by atoms with van der Waals surface area (Å²) in [5, 5.41) is 3.79. The predicted molar refractivity (Wildman–Crippen MR) is 150 cm³/mol. The predicted octanol–water partition coefficient (Wildman–Crippen LogP) is 3.69. The Hall–Kier alpha value is -3.69. The molecule has 2 saturated heterocycles. The van der Waals surface area contributed by atoms with E-state index in [1.807, 2.05) is 41.3 Å². The van der Waals surface area contributed by atoms with Gasteiger partial charge < -0.3 is 24.8 Å². The van der Waals surface area contributed by atoms with Gasteiger partial charge in [0.25, 0.3) is 5.91 Å². The topological polar surface area (TPSA) is 90.9 Å². The molecule has 6 rings (SSSR count). The van der Waals surface area contributed by atoms with Crippen LogP contribution in [0.3, 0.4) is 0 Å². The van der Waals surface area contributed by atoms with E-state index in [9.17, 15) is 9.59 Å². The van der Waals surface area contributed by atoms with Crippen LogP contribution >= 0.6 is 11.6 Å². The highest BCUT2D eigenvalue weighted by molar-refractivity contribution is 6.33. The lowest BCUT2D eigenvalue weighted by Crippen LogP contribution is -2.51. The van der Waals surface area contributed by atoms with Crippen LogP contribution in [-0.4, -0.2) is 83.6 Å². The van der Waals surface area contributed by atoms with Gasteiger partial charge in [-0.1, -0.05) is 41.9 Å². The molecule has 1 N–H and O–H groups in total. The smallest absolute Gasteiger partial charge is 0.254 e. The van der Waals surface area contributed by atoms with Gasteiger partial charge in [-0.25, -0.2) is 9.97 Å². The van der Waals surface area contributed by atoms with Crippen LogP contribution in [0.2, 0.25) is 5.02 Å². The summed E-state index contributed by atoms with van der Waals surface area (Å²) >= 11 is 6.47. The lowest BCUT2D eigenvalue weighted by molar-refractivity contribution is -0.132. The molecule has 3 aliphatic heterocycles. The van der Waals surface area contributed by atoms with E-state index in [0.29, 0.717) is 55.1 Å². The number of carbonyl (C=O) groups excluding carboxylic acids is 2. The highest BCUT2D eigenvalue weighted by Crippen LogP contribution is 2.32. The number of amides is 2. The molecule has 202 valence electrons. The Kier molecular flexibility index (Phi) is 7.34. The van der Waals surface area contributed by atoms with Gasteiger partial charge in [-0.05, 0) is 36.6 Å². The molecule has 0 unspecified atom stereocenters. The molecule has 0 radical (unpaired) electrons. The van der Waals surface area contributed by atoms with E-state index in [1.54, 1.807) is 11.1 Å². The van der Waals surface area contributed by atoms with E-state index in [0.717, 1.165) is 37.1 Å². The molecule has 0 saturated carbocycles. The zero-order valence-corrected chi connectivity index (χ0v) is 22.4. The summed E-state index contributed by atoms with van der Waals surface area (Å²) in [4.78, 5) is 41.2. The molecule has 4 heterocycles. The highest BCUT2D eigenvalue weighted by atomic mass is 35.5. The molecular weight excluding hydrogens is 516 g/mol. The fourth-order valence-electron chi connectivity index (χ4n) is 5.42. The Morgan fingerprint density at radius 1 is 1.05 bits per heavy atom. The number of carbonyl (C=O) groups is 2. The fraction of sp³-hybridized carbons (Fsp3) is 0.379. The first kappa shape index (κ1) is 25.6. The van der Waals surface area contributed by atoms with Gasteiger partial charge in [0, 0.05) is 68.8 Å². The van der Waals surface area contributed by atoms with Gasteiger partial charge in [-0.3, -0.25) is 9.59 Å². The van der Waals surface area contributed by atoms with Crippen LogP contribution < -0.4 is 10.2 Å². The van der Waals surface area contributed by atoms with E-state index in [4.69, 9.17) is 16.3 Å². The fourth-order valence-corrected chi connectivity index (χ4v) is 5.62. The van der Waals surface area contributed by atoms with E-state index >= 15 is 0 Å². The van der Waals surface area contributed by atoms with Crippen molar-refractivity contribution < 1.29 is 14.3 Å². The maximum Gasteiger partial charge on any atom is 0.254 e. The summed E-state index contributed by atoms with van der Waals surface area (Å²) < 4.78 is 5.43. The maximum atomic E-state index is 13.3. The second-order valence-electron chi connectivity index (χ2n) is 10.2. The summed E-state index contributed by atoms with van der Waals surface area (Å²) in [5.74, 6) is 0.341. The number of piperazine rings is 1. The summed E-state index contributed by atoms with van der Waals surface area (Å²) in [7, 11) is 0. The summed E-state index contributed by atoms with van der Waals surface area (Å²) in [5.41, 5.74) is 3.97. The van der Waals surface area contributed by atoms with Gasteiger partial charge in [-0.15, -0.1) is 0 Å². The van der Waals surface area contributed by atoms with Crippen LogP contribution in [-0.2, 0) is 16.1 Å². The molecule has 9 nitrogen and oxygen atoms in total. The van der Waals surface area contributed by atoms with Crippen molar-refractivity contribution >= 4 is 35.1 Å².